The van der Waals surface area contributed by atoms with Gasteiger partial charge >= 0.3 is 5.97 Å². The minimum absolute atomic E-state index is 0.207. The second-order valence-corrected chi connectivity index (χ2v) is 4.53. The Morgan fingerprint density at radius 2 is 2.17 bits per heavy atom. The van der Waals surface area contributed by atoms with Crippen LogP contribution in [0.15, 0.2) is 47.1 Å². The first-order valence-corrected chi connectivity index (χ1v) is 6.04. The number of hydrogen-bond donors (Lipinski definition) is 2. The van der Waals surface area contributed by atoms with E-state index in [0.717, 1.165) is 11.8 Å². The molecule has 96 valence electrons. The van der Waals surface area contributed by atoms with Crippen LogP contribution < -0.4 is 5.73 Å². The van der Waals surface area contributed by atoms with Gasteiger partial charge in [-0.3, -0.25) is 0 Å². The molecule has 0 saturated carbocycles. The minimum atomic E-state index is -1.00. The third-order valence-electron chi connectivity index (χ3n) is 2.32. The molecule has 0 bridgehead atoms. The maximum atomic E-state index is 11.0. The highest BCUT2D eigenvalue weighted by atomic mass is 35.5. The van der Waals surface area contributed by atoms with Gasteiger partial charge < -0.3 is 10.8 Å². The maximum Gasteiger partial charge on any atom is 0.331 e. The van der Waals surface area contributed by atoms with Gasteiger partial charge in [-0.05, 0) is 36.6 Å². The summed E-state index contributed by atoms with van der Waals surface area (Å²) in [5.41, 5.74) is 6.38. The summed E-state index contributed by atoms with van der Waals surface area (Å²) in [6, 6.07) is 7.30. The number of hydrogen-bond acceptors (Lipinski definition) is 2. The van der Waals surface area contributed by atoms with E-state index in [4.69, 9.17) is 34.0 Å². The van der Waals surface area contributed by atoms with E-state index >= 15 is 0 Å². The van der Waals surface area contributed by atoms with E-state index in [2.05, 4.69) is 0 Å². The molecule has 0 aliphatic heterocycles. The van der Waals surface area contributed by atoms with Crippen LogP contribution in [-0.2, 0) is 11.2 Å². The van der Waals surface area contributed by atoms with Crippen molar-refractivity contribution in [2.45, 2.75) is 12.8 Å². The second kappa shape index (κ2) is 7.09. The fourth-order valence-electron chi connectivity index (χ4n) is 1.43. The highest BCUT2D eigenvalue weighted by Crippen LogP contribution is 2.16. The van der Waals surface area contributed by atoms with Crippen LogP contribution in [0.1, 0.15) is 12.0 Å². The summed E-state index contributed by atoms with van der Waals surface area (Å²) in [6.45, 7) is 0. The normalized spacial score (nSPS) is 12.6. The molecule has 0 spiro atoms. The number of nitrogens with two attached hydrogens (primary N) is 1. The molecule has 0 aliphatic rings. The Balaban J connectivity index is 2.75. The number of carbonyl (C=O) groups is 1. The maximum absolute atomic E-state index is 11.0. The van der Waals surface area contributed by atoms with Crippen molar-refractivity contribution in [2.24, 2.45) is 5.73 Å². The summed E-state index contributed by atoms with van der Waals surface area (Å²) in [5, 5.41) is 9.87. The molecule has 0 aromatic heterocycles. The molecule has 0 atom stereocenters. The first kappa shape index (κ1) is 14.6. The molecular weight excluding hydrogens is 273 g/mol. The van der Waals surface area contributed by atoms with Crippen molar-refractivity contribution >= 4 is 29.2 Å². The molecule has 1 aromatic rings. The zero-order chi connectivity index (χ0) is 13.5. The predicted molar refractivity (Wildman–Crippen MR) is 73.6 cm³/mol. The van der Waals surface area contributed by atoms with E-state index in [1.807, 2.05) is 12.1 Å². The molecular formula is C13H13Cl2NO2. The summed E-state index contributed by atoms with van der Waals surface area (Å²) >= 11 is 11.5. The van der Waals surface area contributed by atoms with Crippen molar-refractivity contribution < 1.29 is 9.90 Å². The zero-order valence-electron chi connectivity index (χ0n) is 9.57. The van der Waals surface area contributed by atoms with E-state index in [1.54, 1.807) is 12.1 Å². The van der Waals surface area contributed by atoms with E-state index in [0.29, 0.717) is 17.9 Å². The number of carboxylic acids is 1. The molecule has 1 aromatic carbocycles. The fraction of sp³-hybridized carbons (Fsp3) is 0.154. The van der Waals surface area contributed by atoms with Crippen molar-refractivity contribution in [2.75, 3.05) is 0 Å². The molecule has 1 rings (SSSR count). The molecule has 5 heteroatoms. The average molecular weight is 286 g/mol. The quantitative estimate of drug-likeness (QED) is 0.644. The molecule has 0 fully saturated rings. The van der Waals surface area contributed by atoms with Crippen LogP contribution in [0.25, 0.3) is 0 Å². The van der Waals surface area contributed by atoms with Crippen LogP contribution in [-0.4, -0.2) is 11.1 Å². The number of carboxylic acid groups (broad SMARTS) is 1. The number of allylic oxidation sites excluding steroid dienone is 2. The number of rotatable bonds is 5. The van der Waals surface area contributed by atoms with Gasteiger partial charge in [-0.15, -0.1) is 0 Å². The Hall–Kier alpha value is -1.45. The summed E-state index contributed by atoms with van der Waals surface area (Å²) in [6.07, 6.45) is 3.45. The minimum Gasteiger partial charge on any atom is -0.478 e. The van der Waals surface area contributed by atoms with Gasteiger partial charge in [0, 0.05) is 16.8 Å². The molecule has 0 radical (unpaired) electrons. The lowest BCUT2D eigenvalue weighted by molar-refractivity contribution is -0.132. The fourth-order valence-corrected chi connectivity index (χ4v) is 1.77. The van der Waals surface area contributed by atoms with Gasteiger partial charge in [0.1, 0.15) is 0 Å². The molecule has 0 aliphatic carbocycles. The Bertz CT molecular complexity index is 496. The molecule has 3 nitrogen and oxygen atoms in total. The van der Waals surface area contributed by atoms with Gasteiger partial charge in [0.2, 0.25) is 0 Å². The van der Waals surface area contributed by atoms with Crippen molar-refractivity contribution in [1.82, 2.24) is 0 Å². The van der Waals surface area contributed by atoms with Crippen LogP contribution in [0, 0.1) is 0 Å². The molecule has 18 heavy (non-hydrogen) atoms. The first-order chi connectivity index (χ1) is 8.52. The SMILES string of the molecule is N/C=C(Cl)\C=C(/CCc1cccc(Cl)c1)C(=O)O. The first-order valence-electron chi connectivity index (χ1n) is 5.28. The highest BCUT2D eigenvalue weighted by molar-refractivity contribution is 6.31. The topological polar surface area (TPSA) is 63.3 Å². The standard InChI is InChI=1S/C13H13Cl2NO2/c14-11-3-1-2-9(6-11)4-5-10(13(17)18)7-12(15)8-16/h1-3,6-8H,4-5,16H2,(H,17,18)/b10-7+,12-8+. The van der Waals surface area contributed by atoms with E-state index < -0.39 is 5.97 Å². The second-order valence-electron chi connectivity index (χ2n) is 3.66. The summed E-state index contributed by atoms with van der Waals surface area (Å²) in [7, 11) is 0. The Morgan fingerprint density at radius 3 is 2.72 bits per heavy atom. The zero-order valence-corrected chi connectivity index (χ0v) is 11.1. The number of halogens is 2. The van der Waals surface area contributed by atoms with Gasteiger partial charge in [0.25, 0.3) is 0 Å². The molecule has 3 N–H and O–H groups in total. The van der Waals surface area contributed by atoms with Gasteiger partial charge in [0.15, 0.2) is 0 Å². The summed E-state index contributed by atoms with van der Waals surface area (Å²) in [5.74, 6) is -1.00. The molecule has 0 unspecified atom stereocenters. The lowest BCUT2D eigenvalue weighted by atomic mass is 10.0. The van der Waals surface area contributed by atoms with Crippen molar-refractivity contribution in [3.63, 3.8) is 0 Å². The predicted octanol–water partition coefficient (Wildman–Crippen LogP) is 3.32. The highest BCUT2D eigenvalue weighted by Gasteiger charge is 2.08. The van der Waals surface area contributed by atoms with E-state index in [1.165, 1.54) is 6.08 Å². The molecule has 0 saturated heterocycles. The van der Waals surface area contributed by atoms with Crippen LogP contribution in [0.4, 0.5) is 0 Å². The number of benzene rings is 1. The van der Waals surface area contributed by atoms with Crippen molar-refractivity contribution in [3.8, 4) is 0 Å². The third kappa shape index (κ3) is 4.82. The van der Waals surface area contributed by atoms with Crippen LogP contribution in [0.2, 0.25) is 5.02 Å². The van der Waals surface area contributed by atoms with Crippen LogP contribution in [0.3, 0.4) is 0 Å². The Kier molecular flexibility index (Phi) is 5.75. The monoisotopic (exact) mass is 285 g/mol. The average Bonchev–Trinajstić information content (AvgIpc) is 2.33. The van der Waals surface area contributed by atoms with Gasteiger partial charge in [0.05, 0.1) is 5.03 Å². The summed E-state index contributed by atoms with van der Waals surface area (Å²) in [4.78, 5) is 11.0. The van der Waals surface area contributed by atoms with Gasteiger partial charge in [-0.2, -0.15) is 0 Å². The van der Waals surface area contributed by atoms with Crippen LogP contribution in [0.5, 0.6) is 0 Å². The lowest BCUT2D eigenvalue weighted by Gasteiger charge is -2.03. The molecule has 0 amide bonds. The Morgan fingerprint density at radius 1 is 1.44 bits per heavy atom. The summed E-state index contributed by atoms with van der Waals surface area (Å²) < 4.78 is 0. The largest absolute Gasteiger partial charge is 0.478 e. The van der Waals surface area contributed by atoms with Crippen molar-refractivity contribution in [1.29, 1.82) is 0 Å². The smallest absolute Gasteiger partial charge is 0.331 e. The lowest BCUT2D eigenvalue weighted by Crippen LogP contribution is -2.02. The molecule has 0 heterocycles. The van der Waals surface area contributed by atoms with E-state index in [9.17, 15) is 4.79 Å². The van der Waals surface area contributed by atoms with Crippen LogP contribution >= 0.6 is 23.2 Å². The Labute approximate surface area is 116 Å². The number of aliphatic carboxylic acids is 1. The van der Waals surface area contributed by atoms with Gasteiger partial charge in [-0.25, -0.2) is 4.79 Å². The van der Waals surface area contributed by atoms with Gasteiger partial charge in [-0.1, -0.05) is 35.3 Å². The number of aryl methyl sites for hydroxylation is 1. The van der Waals surface area contributed by atoms with E-state index in [-0.39, 0.29) is 10.6 Å². The van der Waals surface area contributed by atoms with Crippen molar-refractivity contribution in [3.05, 3.63) is 57.7 Å². The third-order valence-corrected chi connectivity index (χ3v) is 2.79.